The van der Waals surface area contributed by atoms with Crippen molar-refractivity contribution in [2.75, 3.05) is 91.2 Å². The predicted octanol–water partition coefficient (Wildman–Crippen LogP) is 12.0. The lowest BCUT2D eigenvalue weighted by atomic mass is 9.99. The molecular formula is C61H70F2N10O8S3. The summed E-state index contributed by atoms with van der Waals surface area (Å²) in [5, 5.41) is 18.8. The van der Waals surface area contributed by atoms with E-state index in [2.05, 4.69) is 35.4 Å². The molecule has 18 nitrogen and oxygen atoms in total. The summed E-state index contributed by atoms with van der Waals surface area (Å²) >= 11 is 3.99. The normalized spacial score (nSPS) is 14.6. The quantitative estimate of drug-likeness (QED) is 0.0622. The number of thiazole rings is 3. The minimum Gasteiger partial charge on any atom is -0.476 e. The van der Waals surface area contributed by atoms with Crippen LogP contribution in [0.4, 0.5) is 44.7 Å². The average molecular weight is 1210 g/mol. The molecule has 3 fully saturated rings. The number of carbonyl (C=O) groups excluding carboxylic acids is 4. The first-order valence-corrected chi connectivity index (χ1v) is 30.1. The molecule has 3 aromatic heterocycles. The number of ketones is 2. The predicted molar refractivity (Wildman–Crippen MR) is 328 cm³/mol. The summed E-state index contributed by atoms with van der Waals surface area (Å²) in [7, 11) is 0. The van der Waals surface area contributed by atoms with Crippen LogP contribution in [0.25, 0.3) is 22.3 Å². The Morgan fingerprint density at radius 3 is 1.51 bits per heavy atom. The first-order valence-electron chi connectivity index (χ1n) is 27.7. The number of carboxylic acids is 1. The molecule has 0 aliphatic carbocycles. The van der Waals surface area contributed by atoms with E-state index in [9.17, 15) is 32.8 Å². The molecule has 2 amide bonds. The number of ether oxygens (including phenoxy) is 2. The molecule has 3 aliphatic rings. The molecular weight excluding hydrogens is 1130 g/mol. The molecule has 10 rings (SSSR count). The molecule has 4 aromatic carbocycles. The SMILES string of the molecule is CC(C)(C)OC(=O)N1CCN(c2cnc(C(=O)O)s2)CC1.CC(C)(C)OC(=O)Nc1ccc(-c2ccc(F)cc2)cc1CC(=O)c1ncc(N2CCCCC2)s1.Nc1ccc(-c2ccc(F)cc2)cc1CC(=O)c1ncc(N2CCNCC2)s1. The van der Waals surface area contributed by atoms with Crippen LogP contribution < -0.4 is 31.1 Å². The smallest absolute Gasteiger partial charge is 0.412 e. The number of anilines is 5. The van der Waals surface area contributed by atoms with Crippen molar-refractivity contribution in [1.82, 2.24) is 25.2 Å². The maximum atomic E-state index is 13.4. The first kappa shape index (κ1) is 62.2. The van der Waals surface area contributed by atoms with Gasteiger partial charge in [-0.2, -0.15) is 0 Å². The summed E-state index contributed by atoms with van der Waals surface area (Å²) in [4.78, 5) is 82.0. The fourth-order valence-corrected chi connectivity index (χ4v) is 11.8. The number of amides is 2. The van der Waals surface area contributed by atoms with E-state index in [1.165, 1.54) is 53.4 Å². The third-order valence-corrected chi connectivity index (χ3v) is 16.7. The lowest BCUT2D eigenvalue weighted by Gasteiger charge is -2.35. The third-order valence-electron chi connectivity index (χ3n) is 13.4. The number of aromatic nitrogens is 3. The molecule has 0 saturated carbocycles. The number of halogens is 2. The van der Waals surface area contributed by atoms with Gasteiger partial charge >= 0.3 is 18.2 Å². The molecule has 23 heteroatoms. The van der Waals surface area contributed by atoms with E-state index in [4.69, 9.17) is 20.3 Å². The minimum absolute atomic E-state index is 0.0469. The van der Waals surface area contributed by atoms with Crippen LogP contribution in [-0.2, 0) is 22.3 Å². The summed E-state index contributed by atoms with van der Waals surface area (Å²) in [6.07, 6.45) is 8.01. The van der Waals surface area contributed by atoms with Crippen molar-refractivity contribution < 1.29 is 47.3 Å². The highest BCUT2D eigenvalue weighted by molar-refractivity contribution is 7.18. The minimum atomic E-state index is -1.02. The molecule has 3 aliphatic heterocycles. The maximum absolute atomic E-state index is 13.4. The van der Waals surface area contributed by atoms with E-state index < -0.39 is 23.3 Å². The number of Topliss-reactive ketones (excluding diaryl/α,β-unsaturated/α-hetero) is 2. The number of piperidine rings is 1. The lowest BCUT2D eigenvalue weighted by molar-refractivity contribution is 0.0240. The number of rotatable bonds is 13. The Bertz CT molecular complexity index is 3390. The highest BCUT2D eigenvalue weighted by Gasteiger charge is 2.28. The number of hydrogen-bond acceptors (Lipinski definition) is 18. The van der Waals surface area contributed by atoms with E-state index in [0.717, 1.165) is 106 Å². The number of benzene rings is 4. The van der Waals surface area contributed by atoms with Gasteiger partial charge in [0.1, 0.15) is 37.8 Å². The highest BCUT2D eigenvalue weighted by atomic mass is 32.1. The van der Waals surface area contributed by atoms with Gasteiger partial charge < -0.3 is 45.2 Å². The number of piperazine rings is 2. The highest BCUT2D eigenvalue weighted by Crippen LogP contribution is 2.32. The van der Waals surface area contributed by atoms with Crippen LogP contribution in [0.15, 0.2) is 104 Å². The van der Waals surface area contributed by atoms with Gasteiger partial charge in [0, 0.05) is 89.7 Å². The van der Waals surface area contributed by atoms with Crippen molar-refractivity contribution in [2.45, 2.75) is 84.8 Å². The van der Waals surface area contributed by atoms with Crippen molar-refractivity contribution in [2.24, 2.45) is 0 Å². The number of carbonyl (C=O) groups is 5. The molecule has 3 saturated heterocycles. The second kappa shape index (κ2) is 28.1. The Labute approximate surface area is 499 Å². The number of nitrogens with one attached hydrogen (secondary N) is 2. The summed E-state index contributed by atoms with van der Waals surface area (Å²) < 4.78 is 37.3. The number of aromatic carboxylic acids is 1. The molecule has 7 aromatic rings. The van der Waals surface area contributed by atoms with Gasteiger partial charge in [-0.15, -0.1) is 0 Å². The number of hydrogen-bond donors (Lipinski definition) is 4. The molecule has 0 unspecified atom stereocenters. The molecule has 6 heterocycles. The zero-order valence-corrected chi connectivity index (χ0v) is 50.4. The van der Waals surface area contributed by atoms with Crippen molar-refractivity contribution >= 4 is 90.1 Å². The first-order chi connectivity index (χ1) is 40.0. The summed E-state index contributed by atoms with van der Waals surface area (Å²) in [5.74, 6) is -1.78. The Kier molecular flexibility index (Phi) is 20.8. The zero-order chi connectivity index (χ0) is 60.1. The van der Waals surface area contributed by atoms with Gasteiger partial charge in [-0.1, -0.05) is 70.4 Å². The monoisotopic (exact) mass is 1200 g/mol. The second-order valence-corrected chi connectivity index (χ2v) is 25.2. The fourth-order valence-electron chi connectivity index (χ4n) is 9.20. The molecule has 84 heavy (non-hydrogen) atoms. The van der Waals surface area contributed by atoms with Crippen LogP contribution in [0.2, 0.25) is 0 Å². The molecule has 0 bridgehead atoms. The van der Waals surface area contributed by atoms with Gasteiger partial charge in [0.15, 0.2) is 21.6 Å². The van der Waals surface area contributed by atoms with Crippen LogP contribution in [0.1, 0.15) is 101 Å². The van der Waals surface area contributed by atoms with E-state index >= 15 is 0 Å². The molecule has 444 valence electrons. The number of nitrogens with zero attached hydrogens (tertiary/aromatic N) is 7. The number of nitrogen functional groups attached to an aromatic ring is 1. The van der Waals surface area contributed by atoms with Gasteiger partial charge in [0.25, 0.3) is 0 Å². The van der Waals surface area contributed by atoms with Crippen LogP contribution in [0, 0.1) is 11.6 Å². The van der Waals surface area contributed by atoms with Gasteiger partial charge in [0.05, 0.1) is 18.6 Å². The van der Waals surface area contributed by atoms with Crippen molar-refractivity contribution in [3.8, 4) is 22.3 Å². The van der Waals surface area contributed by atoms with Crippen molar-refractivity contribution in [3.05, 3.63) is 141 Å². The second-order valence-electron chi connectivity index (χ2n) is 22.2. The number of carboxylic acid groups (broad SMARTS) is 1. The van der Waals surface area contributed by atoms with Gasteiger partial charge in [-0.3, -0.25) is 14.9 Å². The Balaban J connectivity index is 0.000000170. The van der Waals surface area contributed by atoms with E-state index in [1.807, 2.05) is 49.9 Å². The van der Waals surface area contributed by atoms with E-state index in [0.29, 0.717) is 53.1 Å². The largest absolute Gasteiger partial charge is 0.476 e. The van der Waals surface area contributed by atoms with Crippen LogP contribution in [0.5, 0.6) is 0 Å². The zero-order valence-electron chi connectivity index (χ0n) is 47.9. The number of nitrogens with two attached hydrogens (primary N) is 1. The Morgan fingerprint density at radius 1 is 0.571 bits per heavy atom. The van der Waals surface area contributed by atoms with E-state index in [-0.39, 0.29) is 47.1 Å². The summed E-state index contributed by atoms with van der Waals surface area (Å²) in [5.41, 5.74) is 10.8. The van der Waals surface area contributed by atoms with Crippen LogP contribution in [-0.4, -0.2) is 131 Å². The topological polar surface area (TPSA) is 226 Å². The molecule has 0 spiro atoms. The van der Waals surface area contributed by atoms with Gasteiger partial charge in [-0.05, 0) is 143 Å². The summed E-state index contributed by atoms with van der Waals surface area (Å²) in [6, 6.07) is 23.4. The van der Waals surface area contributed by atoms with E-state index in [1.54, 1.807) is 80.7 Å². The fraction of sp³-hybridized carbons (Fsp3) is 0.377. The van der Waals surface area contributed by atoms with Crippen molar-refractivity contribution in [1.29, 1.82) is 0 Å². The average Bonchev–Trinajstić information content (AvgIpc) is 4.21. The Morgan fingerprint density at radius 2 is 1.01 bits per heavy atom. The standard InChI is InChI=1S/C27H30FN3O3S.C21H21FN4OS.C13H19N3O4S/c1-27(2,3)34-26(33)30-22-12-9-19(18-7-10-21(28)11-8-18)15-20(22)16-23(32)25-29-17-24(35-25)31-13-5-4-6-14-31;22-17-4-1-14(2-5-17)15-3-6-18(23)16(11-15)12-19(27)21-25-13-20(28-21)26-9-7-24-8-10-26;1-13(2,3)20-12(19)16-6-4-15(5-7-16)9-8-14-10(21-9)11(17)18/h7-12,15,17H,4-6,13-14,16H2,1-3H3,(H,30,33);1-6,11,13,24H,7-10,12,23H2;8H,4-7H2,1-3H3,(H,17,18). The molecule has 5 N–H and O–H groups in total. The van der Waals surface area contributed by atoms with Gasteiger partial charge in [-0.25, -0.2) is 38.1 Å². The lowest BCUT2D eigenvalue weighted by Crippen LogP contribution is -2.49. The third kappa shape index (κ3) is 17.8. The maximum Gasteiger partial charge on any atom is 0.412 e. The van der Waals surface area contributed by atoms with Crippen LogP contribution >= 0.6 is 34.0 Å². The summed E-state index contributed by atoms with van der Waals surface area (Å²) in [6.45, 7) is 19.0. The van der Waals surface area contributed by atoms with Gasteiger partial charge in [0.2, 0.25) is 5.01 Å². The molecule has 0 radical (unpaired) electrons. The Hall–Kier alpha value is -7.86. The van der Waals surface area contributed by atoms with Crippen molar-refractivity contribution in [3.63, 3.8) is 0 Å². The molecule has 0 atom stereocenters. The van der Waals surface area contributed by atoms with Crippen LogP contribution in [0.3, 0.4) is 0 Å².